The van der Waals surface area contributed by atoms with Gasteiger partial charge in [-0.15, -0.1) is 0 Å². The number of carbonyl (C=O) groups is 5. The standard InChI is InChI=1S/C24H34N2O12/c1-15(27)34-13-19-20(35-16(2)28)21(36-17(3)29)22(37-18(4)30)23(38-19)32-11-7-5-6-8-12-33-24(31)26-10-9-25-14-26/h9-10,14,19-23H,5-8,11-13H2,1-4H3/t19-,20+,21+,22-,23-/m1/s1. The van der Waals surface area contributed by atoms with Crippen LogP contribution >= 0.6 is 0 Å². The normalized spacial score (nSPS) is 22.7. The highest BCUT2D eigenvalue weighted by atomic mass is 16.7. The molecule has 0 N–H and O–H groups in total. The summed E-state index contributed by atoms with van der Waals surface area (Å²) < 4.78 is 39.1. The molecule has 1 aliphatic rings. The van der Waals surface area contributed by atoms with Crippen LogP contribution in [-0.4, -0.2) is 90.0 Å². The summed E-state index contributed by atoms with van der Waals surface area (Å²) in [5.74, 6) is -2.73. The Labute approximate surface area is 219 Å². The molecule has 0 amide bonds. The van der Waals surface area contributed by atoms with Gasteiger partial charge in [0.25, 0.3) is 0 Å². The van der Waals surface area contributed by atoms with Crippen LogP contribution < -0.4 is 0 Å². The molecule has 14 heteroatoms. The Hall–Kier alpha value is -3.52. The van der Waals surface area contributed by atoms with Gasteiger partial charge in [0.15, 0.2) is 24.6 Å². The number of imidazole rings is 1. The van der Waals surface area contributed by atoms with Crippen molar-refractivity contribution in [1.29, 1.82) is 0 Å². The van der Waals surface area contributed by atoms with Crippen LogP contribution in [-0.2, 0) is 52.3 Å². The summed E-state index contributed by atoms with van der Waals surface area (Å²) in [6.45, 7) is 4.76. The molecule has 1 aliphatic heterocycles. The molecular formula is C24H34N2O12. The van der Waals surface area contributed by atoms with E-state index in [1.54, 1.807) is 0 Å². The van der Waals surface area contributed by atoms with E-state index < -0.39 is 60.7 Å². The predicted octanol–water partition coefficient (Wildman–Crippen LogP) is 1.53. The monoisotopic (exact) mass is 542 g/mol. The van der Waals surface area contributed by atoms with E-state index in [-0.39, 0.29) is 19.8 Å². The van der Waals surface area contributed by atoms with E-state index in [1.165, 1.54) is 30.2 Å². The van der Waals surface area contributed by atoms with Crippen molar-refractivity contribution < 1.29 is 57.1 Å². The van der Waals surface area contributed by atoms with Crippen LogP contribution in [0, 0.1) is 0 Å². The minimum Gasteiger partial charge on any atom is -0.463 e. The largest absolute Gasteiger partial charge is 0.463 e. The molecule has 5 atom stereocenters. The zero-order valence-corrected chi connectivity index (χ0v) is 21.9. The molecule has 0 aliphatic carbocycles. The average molecular weight is 543 g/mol. The highest BCUT2D eigenvalue weighted by molar-refractivity contribution is 5.70. The maximum absolute atomic E-state index is 11.8. The molecule has 2 heterocycles. The molecule has 0 radical (unpaired) electrons. The molecule has 38 heavy (non-hydrogen) atoms. The highest BCUT2D eigenvalue weighted by Gasteiger charge is 2.52. The molecule has 1 aromatic heterocycles. The highest BCUT2D eigenvalue weighted by Crippen LogP contribution is 2.30. The van der Waals surface area contributed by atoms with Crippen molar-refractivity contribution in [3.05, 3.63) is 18.7 Å². The second-order valence-electron chi connectivity index (χ2n) is 8.44. The van der Waals surface area contributed by atoms with Crippen molar-refractivity contribution in [2.75, 3.05) is 19.8 Å². The van der Waals surface area contributed by atoms with Gasteiger partial charge in [-0.05, 0) is 19.3 Å². The van der Waals surface area contributed by atoms with E-state index in [0.29, 0.717) is 12.8 Å². The van der Waals surface area contributed by atoms with Crippen molar-refractivity contribution in [2.45, 2.75) is 84.1 Å². The van der Waals surface area contributed by atoms with Gasteiger partial charge < -0.3 is 33.2 Å². The molecule has 1 aromatic rings. The maximum Gasteiger partial charge on any atom is 0.419 e. The molecule has 0 aromatic carbocycles. The fourth-order valence-electron chi connectivity index (χ4n) is 3.68. The van der Waals surface area contributed by atoms with Gasteiger partial charge in [-0.25, -0.2) is 14.3 Å². The predicted molar refractivity (Wildman–Crippen MR) is 125 cm³/mol. The summed E-state index contributed by atoms with van der Waals surface area (Å²) in [6.07, 6.45) is 0.504. The van der Waals surface area contributed by atoms with Crippen LogP contribution in [0.4, 0.5) is 4.79 Å². The minimum absolute atomic E-state index is 0.183. The summed E-state index contributed by atoms with van der Waals surface area (Å²) in [6, 6.07) is 0. The lowest BCUT2D eigenvalue weighted by Gasteiger charge is -2.44. The van der Waals surface area contributed by atoms with Gasteiger partial charge in [-0.1, -0.05) is 6.42 Å². The molecule has 1 saturated heterocycles. The Morgan fingerprint density at radius 1 is 0.763 bits per heavy atom. The quantitative estimate of drug-likeness (QED) is 0.200. The number of carbonyl (C=O) groups excluding carboxylic acids is 5. The van der Waals surface area contributed by atoms with Crippen molar-refractivity contribution >= 4 is 30.0 Å². The minimum atomic E-state index is -1.27. The topological polar surface area (TPSA) is 168 Å². The maximum atomic E-state index is 11.8. The van der Waals surface area contributed by atoms with Crippen molar-refractivity contribution in [2.24, 2.45) is 0 Å². The van der Waals surface area contributed by atoms with Crippen LogP contribution in [0.25, 0.3) is 0 Å². The number of esters is 4. The zero-order chi connectivity index (χ0) is 28.1. The van der Waals surface area contributed by atoms with Crippen molar-refractivity contribution in [3.63, 3.8) is 0 Å². The van der Waals surface area contributed by atoms with E-state index in [4.69, 9.17) is 33.2 Å². The first-order chi connectivity index (χ1) is 18.1. The molecular weight excluding hydrogens is 508 g/mol. The Morgan fingerprint density at radius 3 is 1.95 bits per heavy atom. The Morgan fingerprint density at radius 2 is 1.37 bits per heavy atom. The lowest BCUT2D eigenvalue weighted by molar-refractivity contribution is -0.308. The average Bonchev–Trinajstić information content (AvgIpc) is 3.37. The van der Waals surface area contributed by atoms with Gasteiger partial charge >= 0.3 is 30.0 Å². The van der Waals surface area contributed by atoms with Gasteiger partial charge in [-0.2, -0.15) is 0 Å². The van der Waals surface area contributed by atoms with Gasteiger partial charge in [0, 0.05) is 46.7 Å². The summed E-state index contributed by atoms with van der Waals surface area (Å²) in [5, 5.41) is 0. The smallest absolute Gasteiger partial charge is 0.419 e. The van der Waals surface area contributed by atoms with Gasteiger partial charge in [0.2, 0.25) is 0 Å². The molecule has 0 bridgehead atoms. The van der Waals surface area contributed by atoms with Crippen LogP contribution in [0.3, 0.4) is 0 Å². The second-order valence-corrected chi connectivity index (χ2v) is 8.44. The van der Waals surface area contributed by atoms with Crippen LogP contribution in [0.15, 0.2) is 18.7 Å². The molecule has 0 saturated carbocycles. The summed E-state index contributed by atoms with van der Waals surface area (Å²) >= 11 is 0. The fourth-order valence-corrected chi connectivity index (χ4v) is 3.68. The number of rotatable bonds is 13. The van der Waals surface area contributed by atoms with Crippen LogP contribution in [0.5, 0.6) is 0 Å². The van der Waals surface area contributed by atoms with Gasteiger partial charge in [0.05, 0.1) is 6.61 Å². The van der Waals surface area contributed by atoms with E-state index in [0.717, 1.165) is 33.6 Å². The second kappa shape index (κ2) is 15.7. The molecule has 212 valence electrons. The molecule has 1 fully saturated rings. The molecule has 14 nitrogen and oxygen atoms in total. The Balaban J connectivity index is 1.95. The number of hydrogen-bond donors (Lipinski definition) is 0. The summed E-state index contributed by atoms with van der Waals surface area (Å²) in [4.78, 5) is 62.3. The fraction of sp³-hybridized carbons (Fsp3) is 0.667. The number of unbranched alkanes of at least 4 members (excludes halogenated alkanes) is 3. The van der Waals surface area contributed by atoms with Crippen molar-refractivity contribution in [1.82, 2.24) is 9.55 Å². The first-order valence-electron chi connectivity index (χ1n) is 12.2. The van der Waals surface area contributed by atoms with E-state index in [1.807, 2.05) is 0 Å². The third-order valence-electron chi connectivity index (χ3n) is 5.21. The number of ether oxygens (including phenoxy) is 7. The number of nitrogens with zero attached hydrogens (tertiary/aromatic N) is 2. The lowest BCUT2D eigenvalue weighted by Crippen LogP contribution is -2.63. The Kier molecular flexibility index (Phi) is 12.7. The molecule has 2 rings (SSSR count). The molecule has 0 unspecified atom stereocenters. The summed E-state index contributed by atoms with van der Waals surface area (Å²) in [7, 11) is 0. The third-order valence-corrected chi connectivity index (χ3v) is 5.21. The van der Waals surface area contributed by atoms with Crippen LogP contribution in [0.1, 0.15) is 53.4 Å². The zero-order valence-electron chi connectivity index (χ0n) is 21.9. The number of hydrogen-bond acceptors (Lipinski definition) is 13. The summed E-state index contributed by atoms with van der Waals surface area (Å²) in [5.41, 5.74) is 0. The van der Waals surface area contributed by atoms with Crippen LogP contribution in [0.2, 0.25) is 0 Å². The van der Waals surface area contributed by atoms with E-state index in [9.17, 15) is 24.0 Å². The van der Waals surface area contributed by atoms with Gasteiger partial charge in [0.1, 0.15) is 19.0 Å². The Bertz CT molecular complexity index is 935. The lowest BCUT2D eigenvalue weighted by atomic mass is 9.98. The van der Waals surface area contributed by atoms with E-state index in [2.05, 4.69) is 4.98 Å². The molecule has 0 spiro atoms. The first-order valence-corrected chi connectivity index (χ1v) is 12.2. The number of aromatic nitrogens is 2. The first kappa shape index (κ1) is 30.7. The third kappa shape index (κ3) is 10.5. The SMILES string of the molecule is CC(=O)OC[C@H]1O[C@@H](OCCCCCCOC(=O)n2ccnc2)[C@H](OC(C)=O)[C@@H](OC(C)=O)[C@H]1OC(C)=O. The van der Waals surface area contributed by atoms with Gasteiger partial charge in [-0.3, -0.25) is 19.2 Å². The van der Waals surface area contributed by atoms with Crippen molar-refractivity contribution in [3.8, 4) is 0 Å². The van der Waals surface area contributed by atoms with E-state index >= 15 is 0 Å².